The molecular weight excluding hydrogens is 424 g/mol. The molecule has 0 saturated carbocycles. The zero-order chi connectivity index (χ0) is 25.3. The van der Waals surface area contributed by atoms with Gasteiger partial charge in [-0.3, -0.25) is 9.98 Å². The fourth-order valence-electron chi connectivity index (χ4n) is 4.63. The number of aliphatic imine (C=N–C) groups is 2. The minimum atomic E-state index is 0.994. The van der Waals surface area contributed by atoms with Crippen molar-refractivity contribution in [2.45, 2.75) is 125 Å². The number of nitrogens with zero attached hydrogens (tertiary/aromatic N) is 2. The van der Waals surface area contributed by atoms with Crippen molar-refractivity contribution in [1.82, 2.24) is 0 Å². The van der Waals surface area contributed by atoms with Gasteiger partial charge in [0.15, 0.2) is 0 Å². The van der Waals surface area contributed by atoms with Crippen molar-refractivity contribution in [3.05, 3.63) is 59.2 Å². The highest BCUT2D eigenvalue weighted by atomic mass is 14.8. The molecule has 2 nitrogen and oxygen atoms in total. The third-order valence-electron chi connectivity index (χ3n) is 6.58. The van der Waals surface area contributed by atoms with Crippen molar-refractivity contribution >= 4 is 22.8 Å². The van der Waals surface area contributed by atoms with Crippen LogP contribution in [0.5, 0.6) is 0 Å². The first kappa shape index (κ1) is 29.0. The van der Waals surface area contributed by atoms with Crippen LogP contribution in [0.25, 0.3) is 0 Å². The molecule has 0 aliphatic heterocycles. The molecule has 0 amide bonds. The van der Waals surface area contributed by atoms with Crippen LogP contribution in [0.1, 0.15) is 121 Å². The predicted molar refractivity (Wildman–Crippen MR) is 157 cm³/mol. The summed E-state index contributed by atoms with van der Waals surface area (Å²) >= 11 is 0. The number of unbranched alkanes of at least 4 members (excludes halogenated alkanes) is 8. The number of hydrogen-bond acceptors (Lipinski definition) is 2. The first-order valence-corrected chi connectivity index (χ1v) is 14.4. The normalized spacial score (nSPS) is 12.4. The van der Waals surface area contributed by atoms with E-state index in [-0.39, 0.29) is 0 Å². The van der Waals surface area contributed by atoms with E-state index in [9.17, 15) is 0 Å². The van der Waals surface area contributed by atoms with Gasteiger partial charge in [-0.15, -0.1) is 0 Å². The Morgan fingerprint density at radius 1 is 0.571 bits per heavy atom. The lowest BCUT2D eigenvalue weighted by atomic mass is 10.0. The Morgan fingerprint density at radius 3 is 1.83 bits per heavy atom. The zero-order valence-corrected chi connectivity index (χ0v) is 23.3. The summed E-state index contributed by atoms with van der Waals surface area (Å²) < 4.78 is 0. The van der Waals surface area contributed by atoms with Gasteiger partial charge in [-0.25, -0.2) is 0 Å². The summed E-state index contributed by atoms with van der Waals surface area (Å²) in [4.78, 5) is 10.5. The van der Waals surface area contributed by atoms with E-state index >= 15 is 0 Å². The molecule has 192 valence electrons. The second-order valence-electron chi connectivity index (χ2n) is 10.2. The molecule has 0 bridgehead atoms. The lowest BCUT2D eigenvalue weighted by Crippen LogP contribution is -2.14. The van der Waals surface area contributed by atoms with E-state index in [4.69, 9.17) is 9.98 Å². The summed E-state index contributed by atoms with van der Waals surface area (Å²) in [6.45, 7) is 11.1. The third-order valence-corrected chi connectivity index (χ3v) is 6.58. The Morgan fingerprint density at radius 2 is 1.14 bits per heavy atom. The second-order valence-corrected chi connectivity index (χ2v) is 10.2. The van der Waals surface area contributed by atoms with E-state index in [0.717, 1.165) is 37.1 Å². The van der Waals surface area contributed by atoms with Crippen molar-refractivity contribution < 1.29 is 0 Å². The minimum absolute atomic E-state index is 0.994. The SMILES string of the molecule is CCCCCCCCC(=Nc1cccc(CCCCC)c1)C(CCCC)=Nc1cc(C)cc(C)c1. The van der Waals surface area contributed by atoms with E-state index in [0.29, 0.717) is 0 Å². The Kier molecular flexibility index (Phi) is 14.3. The minimum Gasteiger partial charge on any atom is -0.252 e. The quantitative estimate of drug-likeness (QED) is 0.161. The monoisotopic (exact) mass is 474 g/mol. The third kappa shape index (κ3) is 11.8. The highest BCUT2D eigenvalue weighted by Gasteiger charge is 2.11. The van der Waals surface area contributed by atoms with Crippen LogP contribution in [0.3, 0.4) is 0 Å². The van der Waals surface area contributed by atoms with Crippen LogP contribution in [0.4, 0.5) is 11.4 Å². The predicted octanol–water partition coefficient (Wildman–Crippen LogP) is 10.8. The molecule has 0 heterocycles. The Hall–Kier alpha value is -2.22. The lowest BCUT2D eigenvalue weighted by molar-refractivity contribution is 0.616. The van der Waals surface area contributed by atoms with E-state index in [1.165, 1.54) is 92.3 Å². The van der Waals surface area contributed by atoms with Crippen LogP contribution in [0, 0.1) is 13.8 Å². The molecule has 0 saturated heterocycles. The summed E-state index contributed by atoms with van der Waals surface area (Å²) in [7, 11) is 0. The van der Waals surface area contributed by atoms with Crippen LogP contribution >= 0.6 is 0 Å². The van der Waals surface area contributed by atoms with Crippen LogP contribution in [0.15, 0.2) is 52.4 Å². The van der Waals surface area contributed by atoms with Gasteiger partial charge >= 0.3 is 0 Å². The molecule has 0 aromatic heterocycles. The molecule has 0 aliphatic rings. The average molecular weight is 475 g/mol. The number of hydrogen-bond donors (Lipinski definition) is 0. The maximum absolute atomic E-state index is 5.26. The summed E-state index contributed by atoms with van der Waals surface area (Å²) in [6.07, 6.45) is 17.1. The van der Waals surface area contributed by atoms with E-state index in [2.05, 4.69) is 77.1 Å². The molecule has 2 aromatic rings. The number of benzene rings is 2. The van der Waals surface area contributed by atoms with Gasteiger partial charge in [-0.1, -0.05) is 90.3 Å². The molecule has 0 unspecified atom stereocenters. The number of rotatable bonds is 17. The maximum Gasteiger partial charge on any atom is 0.0639 e. The summed E-state index contributed by atoms with van der Waals surface area (Å²) in [6, 6.07) is 15.5. The summed E-state index contributed by atoms with van der Waals surface area (Å²) in [5.41, 5.74) is 8.48. The Labute approximate surface area is 216 Å². The molecule has 35 heavy (non-hydrogen) atoms. The Bertz CT molecular complexity index is 902. The standard InChI is InChI=1S/C33H50N2/c1-6-9-12-13-14-16-22-33(34-30-20-17-19-29(26-30)18-15-10-7-2)32(21-11-8-3)35-31-24-27(4)23-28(5)25-31/h17,19-20,23-26H,6-16,18,21-22H2,1-5H3. The summed E-state index contributed by atoms with van der Waals surface area (Å²) in [5.74, 6) is 0. The van der Waals surface area contributed by atoms with Crippen LogP contribution in [0.2, 0.25) is 0 Å². The van der Waals surface area contributed by atoms with Crippen molar-refractivity contribution in [2.24, 2.45) is 9.98 Å². The van der Waals surface area contributed by atoms with Crippen molar-refractivity contribution in [3.8, 4) is 0 Å². The largest absolute Gasteiger partial charge is 0.252 e. The maximum atomic E-state index is 5.26. The molecule has 0 atom stereocenters. The van der Waals surface area contributed by atoms with E-state index in [1.54, 1.807) is 0 Å². The topological polar surface area (TPSA) is 24.7 Å². The molecule has 0 N–H and O–H groups in total. The average Bonchev–Trinajstić information content (AvgIpc) is 2.83. The van der Waals surface area contributed by atoms with Crippen LogP contribution in [-0.2, 0) is 6.42 Å². The van der Waals surface area contributed by atoms with Gasteiger partial charge in [0.1, 0.15) is 0 Å². The van der Waals surface area contributed by atoms with Crippen molar-refractivity contribution in [2.75, 3.05) is 0 Å². The van der Waals surface area contributed by atoms with Crippen molar-refractivity contribution in [3.63, 3.8) is 0 Å². The highest BCUT2D eigenvalue weighted by Crippen LogP contribution is 2.23. The van der Waals surface area contributed by atoms with E-state index in [1.807, 2.05) is 0 Å². The van der Waals surface area contributed by atoms with Gasteiger partial charge in [0, 0.05) is 0 Å². The molecule has 0 spiro atoms. The smallest absolute Gasteiger partial charge is 0.0639 e. The van der Waals surface area contributed by atoms with Gasteiger partial charge < -0.3 is 0 Å². The fourth-order valence-corrected chi connectivity index (χ4v) is 4.63. The second kappa shape index (κ2) is 17.2. The molecular formula is C33H50N2. The molecule has 2 aromatic carbocycles. The van der Waals surface area contributed by atoms with Crippen molar-refractivity contribution in [1.29, 1.82) is 0 Å². The first-order chi connectivity index (χ1) is 17.0. The highest BCUT2D eigenvalue weighted by molar-refractivity contribution is 6.43. The molecule has 0 aliphatic carbocycles. The molecule has 2 heteroatoms. The van der Waals surface area contributed by atoms with Gasteiger partial charge in [-0.05, 0) is 93.3 Å². The molecule has 2 rings (SSSR count). The van der Waals surface area contributed by atoms with Crippen LogP contribution in [-0.4, -0.2) is 11.4 Å². The number of aryl methyl sites for hydroxylation is 3. The first-order valence-electron chi connectivity index (χ1n) is 14.4. The molecule has 0 radical (unpaired) electrons. The molecule has 0 fully saturated rings. The fraction of sp³-hybridized carbons (Fsp3) is 0.576. The van der Waals surface area contributed by atoms with Crippen LogP contribution < -0.4 is 0 Å². The van der Waals surface area contributed by atoms with Gasteiger partial charge in [0.05, 0.1) is 22.8 Å². The van der Waals surface area contributed by atoms with Gasteiger partial charge in [-0.2, -0.15) is 0 Å². The zero-order valence-electron chi connectivity index (χ0n) is 23.3. The lowest BCUT2D eigenvalue weighted by Gasteiger charge is -2.12. The van der Waals surface area contributed by atoms with Gasteiger partial charge in [0.2, 0.25) is 0 Å². The Balaban J connectivity index is 2.35. The summed E-state index contributed by atoms with van der Waals surface area (Å²) in [5, 5.41) is 0. The van der Waals surface area contributed by atoms with Gasteiger partial charge in [0.25, 0.3) is 0 Å². The van der Waals surface area contributed by atoms with E-state index < -0.39 is 0 Å².